The molecule has 0 spiro atoms. The van der Waals surface area contributed by atoms with Gasteiger partial charge in [-0.1, -0.05) is 49.7 Å². The number of hydrogen-bond acceptors (Lipinski definition) is 5. The van der Waals surface area contributed by atoms with E-state index in [-0.39, 0.29) is 5.91 Å². The number of benzene rings is 1. The Balaban J connectivity index is 1.88. The number of methoxy groups -OCH3 is 1. The molecule has 0 aliphatic carbocycles. The third-order valence-corrected chi connectivity index (χ3v) is 5.22. The Morgan fingerprint density at radius 3 is 2.71 bits per heavy atom. The highest BCUT2D eigenvalue weighted by Gasteiger charge is 2.47. The second-order valence-electron chi connectivity index (χ2n) is 7.23. The van der Waals surface area contributed by atoms with Gasteiger partial charge in [-0.25, -0.2) is 4.98 Å². The summed E-state index contributed by atoms with van der Waals surface area (Å²) < 4.78 is 10.7. The molecule has 1 amide bonds. The molecule has 3 rings (SSSR count). The molecule has 7 heteroatoms. The fourth-order valence-corrected chi connectivity index (χ4v) is 3.54. The van der Waals surface area contributed by atoms with Crippen LogP contribution in [0.1, 0.15) is 30.9 Å². The predicted molar refractivity (Wildman–Crippen MR) is 110 cm³/mol. The van der Waals surface area contributed by atoms with Crippen LogP contribution in [0, 0.1) is 0 Å². The minimum atomic E-state index is -0.621. The molecule has 0 bridgehead atoms. The molecule has 0 saturated carbocycles. The second-order valence-corrected chi connectivity index (χ2v) is 7.61. The highest BCUT2D eigenvalue weighted by Crippen LogP contribution is 2.36. The van der Waals surface area contributed by atoms with Crippen LogP contribution in [0.4, 0.5) is 5.69 Å². The number of carbonyl (C=O) groups is 1. The monoisotopic (exact) mass is 403 g/mol. The third kappa shape index (κ3) is 4.14. The Bertz CT molecular complexity index is 837. The van der Waals surface area contributed by atoms with Crippen molar-refractivity contribution in [3.63, 3.8) is 0 Å². The molecule has 0 radical (unpaired) electrons. The van der Waals surface area contributed by atoms with E-state index in [9.17, 15) is 4.79 Å². The molecule has 1 aromatic carbocycles. The molecule has 150 valence electrons. The molecule has 0 atom stereocenters. The van der Waals surface area contributed by atoms with Crippen LogP contribution in [0.5, 0.6) is 5.75 Å². The Kier molecular flexibility index (Phi) is 6.54. The first-order valence-electron chi connectivity index (χ1n) is 9.37. The predicted octanol–water partition coefficient (Wildman–Crippen LogP) is 3.36. The van der Waals surface area contributed by atoms with E-state index in [1.807, 2.05) is 18.2 Å². The lowest BCUT2D eigenvalue weighted by Crippen LogP contribution is -2.63. The van der Waals surface area contributed by atoms with E-state index in [1.54, 1.807) is 13.2 Å². The highest BCUT2D eigenvalue weighted by molar-refractivity contribution is 6.29. The molecule has 2 N–H and O–H groups in total. The molecule has 28 heavy (non-hydrogen) atoms. The summed E-state index contributed by atoms with van der Waals surface area (Å²) >= 11 is 6.00. The van der Waals surface area contributed by atoms with Gasteiger partial charge in [-0.05, 0) is 17.0 Å². The molecule has 0 unspecified atom stereocenters. The molecular formula is C21H26ClN3O3. The lowest BCUT2D eigenvalue weighted by atomic mass is 9.71. The molecule has 1 saturated heterocycles. The van der Waals surface area contributed by atoms with E-state index in [1.165, 1.54) is 11.8 Å². The van der Waals surface area contributed by atoms with Crippen LogP contribution in [0.15, 0.2) is 36.5 Å². The van der Waals surface area contributed by atoms with Crippen molar-refractivity contribution in [1.82, 2.24) is 10.3 Å². The normalized spacial score (nSPS) is 15.2. The number of hydrogen-bond donors (Lipinski definition) is 2. The number of nitrogens with one attached hydrogen (secondary N) is 2. The van der Waals surface area contributed by atoms with E-state index in [0.717, 1.165) is 5.56 Å². The Hall–Kier alpha value is -2.15. The summed E-state index contributed by atoms with van der Waals surface area (Å²) in [6, 6.07) is 9.74. The molecule has 2 heterocycles. The van der Waals surface area contributed by atoms with Gasteiger partial charge in [-0.15, -0.1) is 0 Å². The number of nitrogens with zero attached hydrogens (tertiary/aromatic N) is 1. The van der Waals surface area contributed by atoms with Crippen LogP contribution in [-0.4, -0.2) is 44.3 Å². The second kappa shape index (κ2) is 8.90. The summed E-state index contributed by atoms with van der Waals surface area (Å²) in [6.07, 6.45) is 1.52. The van der Waals surface area contributed by atoms with E-state index < -0.39 is 5.41 Å². The van der Waals surface area contributed by atoms with Crippen molar-refractivity contribution in [2.75, 3.05) is 38.7 Å². The number of amides is 1. The van der Waals surface area contributed by atoms with Gasteiger partial charge >= 0.3 is 0 Å². The van der Waals surface area contributed by atoms with Crippen molar-refractivity contribution in [1.29, 1.82) is 0 Å². The summed E-state index contributed by atoms with van der Waals surface area (Å²) in [4.78, 5) is 17.5. The molecule has 1 aliphatic rings. The van der Waals surface area contributed by atoms with Gasteiger partial charge in [0.2, 0.25) is 5.91 Å². The summed E-state index contributed by atoms with van der Waals surface area (Å²) in [7, 11) is 1.60. The van der Waals surface area contributed by atoms with Gasteiger partial charge in [0.15, 0.2) is 0 Å². The van der Waals surface area contributed by atoms with Crippen molar-refractivity contribution < 1.29 is 14.3 Å². The van der Waals surface area contributed by atoms with Gasteiger partial charge < -0.3 is 20.1 Å². The van der Waals surface area contributed by atoms with Crippen LogP contribution in [0.25, 0.3) is 0 Å². The summed E-state index contributed by atoms with van der Waals surface area (Å²) in [5, 5.41) is 6.56. The van der Waals surface area contributed by atoms with Crippen LogP contribution in [0.2, 0.25) is 5.15 Å². The average Bonchev–Trinajstić information content (AvgIpc) is 2.63. The summed E-state index contributed by atoms with van der Waals surface area (Å²) in [5.41, 5.74) is 2.12. The highest BCUT2D eigenvalue weighted by atomic mass is 35.5. The van der Waals surface area contributed by atoms with Gasteiger partial charge in [-0.3, -0.25) is 4.79 Å². The van der Waals surface area contributed by atoms with Crippen LogP contribution < -0.4 is 15.4 Å². The first-order chi connectivity index (χ1) is 13.5. The minimum absolute atomic E-state index is 0.0833. The zero-order valence-electron chi connectivity index (χ0n) is 16.4. The van der Waals surface area contributed by atoms with Gasteiger partial charge in [0.1, 0.15) is 23.2 Å². The number of rotatable bonds is 8. The van der Waals surface area contributed by atoms with Crippen molar-refractivity contribution in [2.24, 2.45) is 0 Å². The smallest absolute Gasteiger partial charge is 0.237 e. The maximum Gasteiger partial charge on any atom is 0.237 e. The Labute approximate surface area is 170 Å². The maximum atomic E-state index is 13.4. The van der Waals surface area contributed by atoms with Gasteiger partial charge in [0.25, 0.3) is 0 Å². The van der Waals surface area contributed by atoms with Crippen molar-refractivity contribution in [3.05, 3.63) is 52.8 Å². The zero-order valence-corrected chi connectivity index (χ0v) is 17.2. The SMILES string of the molecule is COCCOc1cc(Cl)ncc1NC(=O)C1(c2ccccc2C(C)C)CNC1. The van der Waals surface area contributed by atoms with Crippen molar-refractivity contribution in [2.45, 2.75) is 25.2 Å². The molecule has 1 fully saturated rings. The quantitative estimate of drug-likeness (QED) is 0.522. The number of anilines is 1. The summed E-state index contributed by atoms with van der Waals surface area (Å²) in [6.45, 7) is 6.24. The molecule has 2 aromatic rings. The van der Waals surface area contributed by atoms with E-state index in [4.69, 9.17) is 21.1 Å². The fourth-order valence-electron chi connectivity index (χ4n) is 3.39. The maximum absolute atomic E-state index is 13.4. The van der Waals surface area contributed by atoms with Crippen LogP contribution in [-0.2, 0) is 14.9 Å². The number of halogens is 1. The average molecular weight is 404 g/mol. The van der Waals surface area contributed by atoms with E-state index in [2.05, 4.69) is 35.5 Å². The number of pyridine rings is 1. The van der Waals surface area contributed by atoms with Gasteiger partial charge in [0, 0.05) is 26.3 Å². The molecule has 6 nitrogen and oxygen atoms in total. The van der Waals surface area contributed by atoms with Crippen molar-refractivity contribution >= 4 is 23.2 Å². The lowest BCUT2D eigenvalue weighted by Gasteiger charge is -2.43. The number of ether oxygens (including phenoxy) is 2. The largest absolute Gasteiger partial charge is 0.489 e. The number of carbonyl (C=O) groups excluding carboxylic acids is 1. The standard InChI is InChI=1S/C21H26ClN3O3/c1-14(2)15-6-4-5-7-16(15)21(12-23-13-21)20(26)25-17-11-24-19(22)10-18(17)28-9-8-27-3/h4-7,10-11,14,23H,8-9,12-13H2,1-3H3,(H,25,26). The topological polar surface area (TPSA) is 72.5 Å². The zero-order chi connectivity index (χ0) is 20.1. The van der Waals surface area contributed by atoms with Gasteiger partial charge in [-0.2, -0.15) is 0 Å². The first-order valence-corrected chi connectivity index (χ1v) is 9.74. The van der Waals surface area contributed by atoms with Crippen molar-refractivity contribution in [3.8, 4) is 5.75 Å². The minimum Gasteiger partial charge on any atom is -0.489 e. The van der Waals surface area contributed by atoms with E-state index in [0.29, 0.717) is 48.8 Å². The van der Waals surface area contributed by atoms with Crippen LogP contribution >= 0.6 is 11.6 Å². The van der Waals surface area contributed by atoms with Crippen LogP contribution in [0.3, 0.4) is 0 Å². The van der Waals surface area contributed by atoms with E-state index >= 15 is 0 Å². The summed E-state index contributed by atoms with van der Waals surface area (Å²) in [5.74, 6) is 0.719. The third-order valence-electron chi connectivity index (χ3n) is 5.01. The van der Waals surface area contributed by atoms with Gasteiger partial charge in [0.05, 0.1) is 18.2 Å². The molecule has 1 aromatic heterocycles. The Morgan fingerprint density at radius 1 is 1.32 bits per heavy atom. The molecule has 1 aliphatic heterocycles. The Morgan fingerprint density at radius 2 is 2.07 bits per heavy atom. The first kappa shape index (κ1) is 20.6. The molecular weight excluding hydrogens is 378 g/mol. The number of aromatic nitrogens is 1. The fraction of sp³-hybridized carbons (Fsp3) is 0.429. The lowest BCUT2D eigenvalue weighted by molar-refractivity contribution is -0.123.